The van der Waals surface area contributed by atoms with E-state index < -0.39 is 26.5 Å². The van der Waals surface area contributed by atoms with E-state index in [-0.39, 0.29) is 38.6 Å². The Morgan fingerprint density at radius 3 is 0.954 bits per heavy atom. The molecule has 0 saturated carbocycles. The zero-order valence-electron chi connectivity index (χ0n) is 57.0. The molecule has 87 heavy (non-hydrogen) atoms. The molecular weight excluding hydrogens is 1100 g/mol. The van der Waals surface area contributed by atoms with Gasteiger partial charge in [0.05, 0.1) is 13.2 Å². The molecule has 0 amide bonds. The molecule has 9 nitrogen and oxygen atoms in total. The van der Waals surface area contributed by atoms with Crippen molar-refractivity contribution in [3.8, 4) is 0 Å². The fourth-order valence-corrected chi connectivity index (χ4v) is 11.6. The molecule has 0 aliphatic carbocycles. The number of carbonyl (C=O) groups is 2. The van der Waals surface area contributed by atoms with Gasteiger partial charge in [-0.2, -0.15) is 0 Å². The molecule has 2 unspecified atom stereocenters. The number of hydrogen-bond donors (Lipinski definition) is 2. The Kier molecular flexibility index (Phi) is 69.9. The second-order valence-electron chi connectivity index (χ2n) is 24.8. The van der Waals surface area contributed by atoms with Gasteiger partial charge in [0.1, 0.15) is 6.61 Å². The van der Waals surface area contributed by atoms with E-state index in [9.17, 15) is 19.0 Å². The molecule has 2 atom stereocenters. The molecule has 0 spiro atoms. The molecule has 0 aliphatic heterocycles. The maximum Gasteiger partial charge on any atom is 0.472 e. The van der Waals surface area contributed by atoms with Crippen LogP contribution in [0.25, 0.3) is 0 Å². The van der Waals surface area contributed by atoms with Crippen LogP contribution in [0.2, 0.25) is 0 Å². The quantitative estimate of drug-likeness (QED) is 0.0264. The van der Waals surface area contributed by atoms with Gasteiger partial charge in [0.25, 0.3) is 0 Å². The lowest BCUT2D eigenvalue weighted by Gasteiger charge is -2.19. The van der Waals surface area contributed by atoms with Crippen LogP contribution in [0.15, 0.2) is 85.1 Å². The summed E-state index contributed by atoms with van der Waals surface area (Å²) in [6, 6.07) is 0. The molecule has 10 heteroatoms. The summed E-state index contributed by atoms with van der Waals surface area (Å²) in [6.45, 7) is 3.68. The highest BCUT2D eigenvalue weighted by molar-refractivity contribution is 7.47. The summed E-state index contributed by atoms with van der Waals surface area (Å²) in [5, 5.41) is 0. The van der Waals surface area contributed by atoms with Crippen LogP contribution in [0, 0.1) is 0 Å². The van der Waals surface area contributed by atoms with Gasteiger partial charge in [-0.25, -0.2) is 4.57 Å². The number of ether oxygens (including phenoxy) is 2. The highest BCUT2D eigenvalue weighted by Gasteiger charge is 2.26. The van der Waals surface area contributed by atoms with Crippen molar-refractivity contribution in [3.63, 3.8) is 0 Å². The average molecular weight is 1240 g/mol. The number of carbonyl (C=O) groups excluding carboxylic acids is 2. The van der Waals surface area contributed by atoms with E-state index in [0.717, 1.165) is 77.0 Å². The first-order valence-electron chi connectivity index (χ1n) is 37.1. The van der Waals surface area contributed by atoms with E-state index in [0.29, 0.717) is 6.42 Å². The molecule has 0 fully saturated rings. The summed E-state index contributed by atoms with van der Waals surface area (Å²) in [7, 11) is -4.40. The van der Waals surface area contributed by atoms with Gasteiger partial charge in [0.15, 0.2) is 6.10 Å². The van der Waals surface area contributed by atoms with E-state index in [2.05, 4.69) is 98.9 Å². The van der Waals surface area contributed by atoms with Gasteiger partial charge >= 0.3 is 19.8 Å². The van der Waals surface area contributed by atoms with E-state index >= 15 is 0 Å². The predicted molar refractivity (Wildman–Crippen MR) is 376 cm³/mol. The van der Waals surface area contributed by atoms with Crippen molar-refractivity contribution in [1.82, 2.24) is 0 Å². The Balaban J connectivity index is 3.83. The molecule has 0 saturated heterocycles. The van der Waals surface area contributed by atoms with Crippen LogP contribution >= 0.6 is 7.82 Å². The summed E-state index contributed by atoms with van der Waals surface area (Å²) in [6.07, 6.45) is 97.0. The highest BCUT2D eigenvalue weighted by Crippen LogP contribution is 2.43. The Morgan fingerprint density at radius 2 is 0.632 bits per heavy atom. The Labute approximate surface area is 538 Å². The number of phosphoric acid groups is 1. The maximum absolute atomic E-state index is 12.8. The first-order valence-corrected chi connectivity index (χ1v) is 38.6. The van der Waals surface area contributed by atoms with Crippen molar-refractivity contribution < 1.29 is 37.6 Å². The highest BCUT2D eigenvalue weighted by atomic mass is 31.2. The third-order valence-corrected chi connectivity index (χ3v) is 17.2. The fraction of sp³-hybridized carbons (Fsp3) is 0.792. The number of phosphoric ester groups is 1. The smallest absolute Gasteiger partial charge is 0.462 e. The van der Waals surface area contributed by atoms with Crippen LogP contribution in [0.5, 0.6) is 0 Å². The third-order valence-electron chi connectivity index (χ3n) is 16.3. The van der Waals surface area contributed by atoms with Crippen molar-refractivity contribution in [3.05, 3.63) is 85.1 Å². The monoisotopic (exact) mass is 1240 g/mol. The van der Waals surface area contributed by atoms with Crippen LogP contribution in [0.3, 0.4) is 0 Å². The van der Waals surface area contributed by atoms with E-state index in [1.807, 2.05) is 0 Å². The Bertz CT molecular complexity index is 1700. The minimum atomic E-state index is -4.40. The second kappa shape index (κ2) is 72.3. The number of hydrogen-bond acceptors (Lipinski definition) is 8. The standard InChI is InChI=1S/C77H140NO8P/c1-3-5-7-9-11-13-15-17-19-21-23-25-27-29-31-33-35-37-39-41-43-45-47-49-51-53-55-57-59-61-63-65-67-69-76(79)83-73-75(74-85-87(81,82)84-72-71-78)86-77(80)70-68-66-64-62-60-58-56-54-52-50-48-46-44-42-40-38-36-34-32-30-28-26-24-22-20-18-16-14-12-10-8-6-4-2/h6,8,12,14,18,20-21,23-24,26,30,32,36,38,75H,3-5,7,9-11,13,15-17,19,22,25,27-29,31,33-35,37,39-74,78H2,1-2H3,(H,81,82)/b8-6-,14-12-,20-18-,23-21-,26-24-,32-30-,38-36-. The van der Waals surface area contributed by atoms with Gasteiger partial charge < -0.3 is 20.1 Å². The molecule has 0 bridgehead atoms. The largest absolute Gasteiger partial charge is 0.472 e. The zero-order chi connectivity index (χ0) is 63.0. The van der Waals surface area contributed by atoms with Crippen molar-refractivity contribution >= 4 is 19.8 Å². The van der Waals surface area contributed by atoms with Gasteiger partial charge in [-0.05, 0) is 89.9 Å². The molecular formula is C77H140NO8P. The zero-order valence-corrected chi connectivity index (χ0v) is 57.9. The van der Waals surface area contributed by atoms with E-state index in [1.165, 1.54) is 250 Å². The third kappa shape index (κ3) is 72.1. The first-order chi connectivity index (χ1) is 42.8. The van der Waals surface area contributed by atoms with Crippen molar-refractivity contribution in [1.29, 1.82) is 0 Å². The van der Waals surface area contributed by atoms with Gasteiger partial charge in [0, 0.05) is 19.4 Å². The molecule has 0 aromatic rings. The lowest BCUT2D eigenvalue weighted by Crippen LogP contribution is -2.29. The minimum absolute atomic E-state index is 0.0525. The van der Waals surface area contributed by atoms with E-state index in [1.54, 1.807) is 0 Å². The molecule has 3 N–H and O–H groups in total. The predicted octanol–water partition coefficient (Wildman–Crippen LogP) is 24.5. The molecule has 0 radical (unpaired) electrons. The average Bonchev–Trinajstić information content (AvgIpc) is 3.64. The molecule has 0 aliphatic rings. The first kappa shape index (κ1) is 84.2. The Hall–Kier alpha value is -2.81. The lowest BCUT2D eigenvalue weighted by molar-refractivity contribution is -0.161. The van der Waals surface area contributed by atoms with Gasteiger partial charge in [0.2, 0.25) is 0 Å². The molecule has 0 aromatic carbocycles. The van der Waals surface area contributed by atoms with Gasteiger partial charge in [-0.1, -0.05) is 343 Å². The number of unbranched alkanes of at least 4 members (excludes halogenated alkanes) is 43. The van der Waals surface area contributed by atoms with Crippen LogP contribution in [0.4, 0.5) is 0 Å². The molecule has 506 valence electrons. The summed E-state index contributed by atoms with van der Waals surface area (Å²) >= 11 is 0. The van der Waals surface area contributed by atoms with Gasteiger partial charge in [-0.15, -0.1) is 0 Å². The molecule has 0 heterocycles. The molecule has 0 aromatic heterocycles. The summed E-state index contributed by atoms with van der Waals surface area (Å²) in [5.74, 6) is -0.814. The number of nitrogens with two attached hydrogens (primary N) is 1. The maximum atomic E-state index is 12.8. The van der Waals surface area contributed by atoms with Crippen LogP contribution in [-0.2, 0) is 32.7 Å². The summed E-state index contributed by atoms with van der Waals surface area (Å²) in [4.78, 5) is 35.4. The van der Waals surface area contributed by atoms with Crippen molar-refractivity contribution in [2.24, 2.45) is 5.73 Å². The SMILES string of the molecule is CC/C=C\C/C=C\C/C=C\C/C=C\C/C=C\C/C=C\CCCCCCCCCCCCCCCCC(=O)OC(COC(=O)CCCCCCCCCCCCCCCCCCCCCCC/C=C\CCCCCCCCCC)COP(=O)(O)OCCN. The minimum Gasteiger partial charge on any atom is -0.462 e. The molecule has 0 rings (SSSR count). The normalized spacial score (nSPS) is 13.4. The number of esters is 2. The van der Waals surface area contributed by atoms with Gasteiger partial charge in [-0.3, -0.25) is 18.6 Å². The second-order valence-corrected chi connectivity index (χ2v) is 26.2. The van der Waals surface area contributed by atoms with Crippen molar-refractivity contribution in [2.45, 2.75) is 367 Å². The van der Waals surface area contributed by atoms with E-state index in [4.69, 9.17) is 24.3 Å². The van der Waals surface area contributed by atoms with Crippen molar-refractivity contribution in [2.75, 3.05) is 26.4 Å². The lowest BCUT2D eigenvalue weighted by atomic mass is 10.0. The topological polar surface area (TPSA) is 134 Å². The van der Waals surface area contributed by atoms with Crippen LogP contribution in [0.1, 0.15) is 361 Å². The number of allylic oxidation sites excluding steroid dienone is 14. The van der Waals surface area contributed by atoms with Crippen LogP contribution < -0.4 is 5.73 Å². The summed E-state index contributed by atoms with van der Waals surface area (Å²) < 4.78 is 33.2. The summed E-state index contributed by atoms with van der Waals surface area (Å²) in [5.41, 5.74) is 5.41. The van der Waals surface area contributed by atoms with Crippen LogP contribution in [-0.4, -0.2) is 49.3 Å². The number of rotatable bonds is 70. The Morgan fingerprint density at radius 1 is 0.356 bits per heavy atom. The fourth-order valence-electron chi connectivity index (χ4n) is 10.8.